The monoisotopic (exact) mass is 479 g/mol. The van der Waals surface area contributed by atoms with E-state index < -0.39 is 18.2 Å². The lowest BCUT2D eigenvalue weighted by atomic mass is 10.2. The highest BCUT2D eigenvalue weighted by Gasteiger charge is 2.31. The van der Waals surface area contributed by atoms with Crippen molar-refractivity contribution in [3.63, 3.8) is 0 Å². The Morgan fingerprint density at radius 1 is 1.15 bits per heavy atom. The molecule has 2 aromatic carbocycles. The third-order valence-electron chi connectivity index (χ3n) is 4.51. The molecule has 0 unspecified atom stereocenters. The predicted octanol–water partition coefficient (Wildman–Crippen LogP) is 3.86. The molecule has 0 atom stereocenters. The smallest absolute Gasteiger partial charge is 0.462 e. The lowest BCUT2D eigenvalue weighted by molar-refractivity contribution is -0.274. The Kier molecular flexibility index (Phi) is 5.80. The van der Waals surface area contributed by atoms with Crippen LogP contribution in [-0.2, 0) is 16.6 Å². The number of benzene rings is 2. The van der Waals surface area contributed by atoms with Gasteiger partial charge in [0.25, 0.3) is 0 Å². The highest BCUT2D eigenvalue weighted by atomic mass is 32.1. The molecule has 0 saturated carbocycles. The van der Waals surface area contributed by atoms with E-state index in [-0.39, 0.29) is 24.3 Å². The van der Waals surface area contributed by atoms with Gasteiger partial charge in [-0.3, -0.25) is 4.79 Å². The summed E-state index contributed by atoms with van der Waals surface area (Å²) in [4.78, 5) is 31.7. The number of aryl methyl sites for hydroxylation is 1. The van der Waals surface area contributed by atoms with Crippen LogP contribution in [0.4, 0.5) is 24.3 Å². The van der Waals surface area contributed by atoms with Gasteiger partial charge < -0.3 is 25.1 Å². The van der Waals surface area contributed by atoms with E-state index in [1.165, 1.54) is 18.2 Å². The number of halogens is 3. The minimum Gasteiger partial charge on any atom is -0.462 e. The summed E-state index contributed by atoms with van der Waals surface area (Å²) in [5, 5.41) is 3.46. The standard InChI is InChI=1S/C20H16F3N5O4S/c1-28-14-5-2-10(17(30)31-7-6-16(24)29)8-13(14)25-18(28)27-19-26-12-4-3-11(9-15(12)33-19)32-20(21,22)23/h2-5,8-9H,6-7H2,1H3,(H2,24,29)(H,25,26,27). The third-order valence-corrected chi connectivity index (χ3v) is 5.44. The van der Waals surface area contributed by atoms with Crippen molar-refractivity contribution < 1.29 is 32.2 Å². The third kappa shape index (κ3) is 5.14. The Morgan fingerprint density at radius 2 is 1.94 bits per heavy atom. The molecule has 0 radical (unpaired) electrons. The number of rotatable bonds is 7. The molecule has 4 aromatic rings. The number of nitrogens with two attached hydrogens (primary N) is 1. The van der Waals surface area contributed by atoms with Gasteiger partial charge in [0, 0.05) is 13.1 Å². The zero-order valence-corrected chi connectivity index (χ0v) is 17.8. The van der Waals surface area contributed by atoms with E-state index in [0.717, 1.165) is 11.3 Å². The number of alkyl halides is 3. The molecular formula is C20H16F3N5O4S. The number of nitrogens with one attached hydrogen (secondary N) is 1. The van der Waals surface area contributed by atoms with Crippen molar-refractivity contribution >= 4 is 55.5 Å². The summed E-state index contributed by atoms with van der Waals surface area (Å²) < 4.78 is 48.5. The maximum atomic E-state index is 12.4. The summed E-state index contributed by atoms with van der Waals surface area (Å²) >= 11 is 1.14. The van der Waals surface area contributed by atoms with E-state index in [1.807, 2.05) is 0 Å². The quantitative estimate of drug-likeness (QED) is 0.386. The number of ether oxygens (including phenoxy) is 2. The number of esters is 1. The Balaban J connectivity index is 1.54. The van der Waals surface area contributed by atoms with Gasteiger partial charge in [-0.1, -0.05) is 11.3 Å². The van der Waals surface area contributed by atoms with Gasteiger partial charge in [0.1, 0.15) is 12.4 Å². The van der Waals surface area contributed by atoms with Crippen LogP contribution in [0.3, 0.4) is 0 Å². The maximum Gasteiger partial charge on any atom is 0.573 e. The van der Waals surface area contributed by atoms with Crippen LogP contribution in [0.15, 0.2) is 36.4 Å². The second-order valence-corrected chi connectivity index (χ2v) is 7.90. The topological polar surface area (TPSA) is 121 Å². The Morgan fingerprint density at radius 3 is 2.67 bits per heavy atom. The van der Waals surface area contributed by atoms with Gasteiger partial charge >= 0.3 is 12.3 Å². The number of thiazole rings is 1. The summed E-state index contributed by atoms with van der Waals surface area (Å²) in [6.45, 7) is -0.117. The number of primary amides is 1. The number of carbonyl (C=O) groups is 2. The lowest BCUT2D eigenvalue weighted by Gasteiger charge is -2.07. The van der Waals surface area contributed by atoms with Crippen molar-refractivity contribution in [2.24, 2.45) is 12.8 Å². The number of aromatic nitrogens is 3. The van der Waals surface area contributed by atoms with Crippen molar-refractivity contribution in [1.29, 1.82) is 0 Å². The molecule has 1 amide bonds. The summed E-state index contributed by atoms with van der Waals surface area (Å²) in [5.74, 6) is -1.10. The van der Waals surface area contributed by atoms with Gasteiger partial charge in [0.2, 0.25) is 11.9 Å². The predicted molar refractivity (Wildman–Crippen MR) is 114 cm³/mol. The average Bonchev–Trinajstić information content (AvgIpc) is 3.26. The van der Waals surface area contributed by atoms with Crippen molar-refractivity contribution in [2.45, 2.75) is 12.8 Å². The number of hydrogen-bond acceptors (Lipinski definition) is 8. The van der Waals surface area contributed by atoms with Crippen LogP contribution in [0.1, 0.15) is 16.8 Å². The van der Waals surface area contributed by atoms with E-state index in [1.54, 1.807) is 29.8 Å². The molecule has 172 valence electrons. The Hall–Kier alpha value is -3.87. The lowest BCUT2D eigenvalue weighted by Crippen LogP contribution is -2.16. The average molecular weight is 479 g/mol. The van der Waals surface area contributed by atoms with Crippen LogP contribution in [-0.4, -0.2) is 39.4 Å². The van der Waals surface area contributed by atoms with E-state index in [0.29, 0.717) is 32.3 Å². The first-order chi connectivity index (χ1) is 15.6. The van der Waals surface area contributed by atoms with E-state index in [9.17, 15) is 22.8 Å². The second-order valence-electron chi connectivity index (χ2n) is 6.87. The molecule has 13 heteroatoms. The van der Waals surface area contributed by atoms with Crippen LogP contribution in [0.25, 0.3) is 21.3 Å². The number of amides is 1. The minimum absolute atomic E-state index is 0.0718. The number of nitrogens with zero attached hydrogens (tertiary/aromatic N) is 3. The largest absolute Gasteiger partial charge is 0.573 e. The summed E-state index contributed by atoms with van der Waals surface area (Å²) in [6, 6.07) is 8.70. The van der Waals surface area contributed by atoms with Gasteiger partial charge in [-0.05, 0) is 30.3 Å². The molecule has 0 fully saturated rings. The van der Waals surface area contributed by atoms with E-state index in [2.05, 4.69) is 20.0 Å². The van der Waals surface area contributed by atoms with Crippen LogP contribution in [0.2, 0.25) is 0 Å². The van der Waals surface area contributed by atoms with Gasteiger partial charge in [0.15, 0.2) is 5.13 Å². The zero-order valence-electron chi connectivity index (χ0n) is 17.0. The number of hydrogen-bond donors (Lipinski definition) is 2. The first kappa shape index (κ1) is 22.3. The first-order valence-corrected chi connectivity index (χ1v) is 10.3. The summed E-state index contributed by atoms with van der Waals surface area (Å²) in [5.41, 5.74) is 7.00. The highest BCUT2D eigenvalue weighted by Crippen LogP contribution is 2.33. The molecule has 4 rings (SSSR count). The van der Waals surface area contributed by atoms with Crippen LogP contribution < -0.4 is 15.8 Å². The maximum absolute atomic E-state index is 12.4. The number of imidazole rings is 1. The number of fused-ring (bicyclic) bond motifs is 2. The van der Waals surface area contributed by atoms with Gasteiger partial charge in [-0.25, -0.2) is 14.8 Å². The molecule has 9 nitrogen and oxygen atoms in total. The van der Waals surface area contributed by atoms with Gasteiger partial charge in [-0.15, -0.1) is 13.2 Å². The molecule has 33 heavy (non-hydrogen) atoms. The summed E-state index contributed by atoms with van der Waals surface area (Å²) in [7, 11) is 1.76. The molecule has 0 bridgehead atoms. The minimum atomic E-state index is -4.78. The zero-order chi connectivity index (χ0) is 23.8. The van der Waals surface area contributed by atoms with Crippen LogP contribution in [0, 0.1) is 0 Å². The fourth-order valence-corrected chi connectivity index (χ4v) is 3.91. The molecule has 3 N–H and O–H groups in total. The summed E-state index contributed by atoms with van der Waals surface area (Å²) in [6.07, 6.45) is -4.85. The molecule has 0 spiro atoms. The second kappa shape index (κ2) is 8.58. The molecule has 0 saturated heterocycles. The fraction of sp³-hybridized carbons (Fsp3) is 0.200. The molecular weight excluding hydrogens is 463 g/mol. The van der Waals surface area contributed by atoms with Gasteiger partial charge in [0.05, 0.1) is 33.2 Å². The molecule has 0 aliphatic heterocycles. The number of anilines is 2. The highest BCUT2D eigenvalue weighted by molar-refractivity contribution is 7.22. The van der Waals surface area contributed by atoms with Crippen molar-refractivity contribution in [3.8, 4) is 5.75 Å². The number of carbonyl (C=O) groups excluding carboxylic acids is 2. The van der Waals surface area contributed by atoms with Crippen molar-refractivity contribution in [1.82, 2.24) is 14.5 Å². The van der Waals surface area contributed by atoms with Gasteiger partial charge in [-0.2, -0.15) is 0 Å². The van der Waals surface area contributed by atoms with Crippen LogP contribution in [0.5, 0.6) is 5.75 Å². The SMILES string of the molecule is Cn1c(Nc2nc3ccc(OC(F)(F)F)cc3s2)nc2cc(C(=O)OCCC(N)=O)ccc21. The van der Waals surface area contributed by atoms with E-state index in [4.69, 9.17) is 10.5 Å². The van der Waals surface area contributed by atoms with Crippen LogP contribution >= 0.6 is 11.3 Å². The first-order valence-electron chi connectivity index (χ1n) is 9.44. The van der Waals surface area contributed by atoms with Crippen molar-refractivity contribution in [2.75, 3.05) is 11.9 Å². The van der Waals surface area contributed by atoms with E-state index >= 15 is 0 Å². The molecule has 0 aliphatic carbocycles. The normalized spacial score (nSPS) is 11.6. The molecule has 2 aromatic heterocycles. The van der Waals surface area contributed by atoms with Crippen molar-refractivity contribution in [3.05, 3.63) is 42.0 Å². The molecule has 0 aliphatic rings. The fourth-order valence-electron chi connectivity index (χ4n) is 3.02. The Labute approximate surface area is 187 Å². The molecule has 2 heterocycles. The Bertz CT molecular complexity index is 1370.